The van der Waals surface area contributed by atoms with E-state index >= 15 is 0 Å². The Labute approximate surface area is 124 Å². The van der Waals surface area contributed by atoms with Crippen LogP contribution in [-0.2, 0) is 6.54 Å². The summed E-state index contributed by atoms with van der Waals surface area (Å²) in [5.41, 5.74) is 3.67. The molecule has 0 radical (unpaired) electrons. The zero-order valence-electron chi connectivity index (χ0n) is 11.3. The van der Waals surface area contributed by atoms with Crippen LogP contribution in [0.15, 0.2) is 42.6 Å². The summed E-state index contributed by atoms with van der Waals surface area (Å²) in [6.07, 6.45) is 4.31. The average Bonchev–Trinajstić information content (AvgIpc) is 3.00. The number of benzene rings is 1. The molecule has 4 heteroatoms. The maximum absolute atomic E-state index is 5.90. The first-order chi connectivity index (χ1) is 9.83. The number of para-hydroxylation sites is 1. The minimum Gasteiger partial charge on any atom is -0.381 e. The summed E-state index contributed by atoms with van der Waals surface area (Å²) >= 11 is 5.90. The number of pyridine rings is 1. The third-order valence-corrected chi connectivity index (χ3v) is 3.85. The molecule has 1 fully saturated rings. The molecule has 0 bridgehead atoms. The van der Waals surface area contributed by atoms with Crippen molar-refractivity contribution in [2.24, 2.45) is 0 Å². The highest BCUT2D eigenvalue weighted by Crippen LogP contribution is 2.25. The molecule has 0 saturated carbocycles. The van der Waals surface area contributed by atoms with Crippen molar-refractivity contribution in [3.63, 3.8) is 0 Å². The standard InChI is InChI=1S/C16H18ClN3/c17-16-11-14(7-8-18-16)19-12-13-5-1-2-6-15(13)20-9-3-4-10-20/h1-2,5-8,11H,3-4,9-10,12H2,(H,18,19). The summed E-state index contributed by atoms with van der Waals surface area (Å²) in [5.74, 6) is 0. The van der Waals surface area contributed by atoms with Gasteiger partial charge in [-0.05, 0) is 36.6 Å². The quantitative estimate of drug-likeness (QED) is 0.863. The minimum atomic E-state index is 0.517. The van der Waals surface area contributed by atoms with Gasteiger partial charge in [-0.2, -0.15) is 0 Å². The lowest BCUT2D eigenvalue weighted by Crippen LogP contribution is -2.19. The summed E-state index contributed by atoms with van der Waals surface area (Å²) in [6, 6.07) is 12.4. The van der Waals surface area contributed by atoms with Crippen molar-refractivity contribution < 1.29 is 0 Å². The highest BCUT2D eigenvalue weighted by Gasteiger charge is 2.14. The Bertz CT molecular complexity index is 579. The van der Waals surface area contributed by atoms with Gasteiger partial charge in [0.25, 0.3) is 0 Å². The van der Waals surface area contributed by atoms with Gasteiger partial charge in [0, 0.05) is 37.2 Å². The van der Waals surface area contributed by atoms with Crippen molar-refractivity contribution in [3.05, 3.63) is 53.3 Å². The third-order valence-electron chi connectivity index (χ3n) is 3.65. The number of nitrogens with zero attached hydrogens (tertiary/aromatic N) is 2. The van der Waals surface area contributed by atoms with Crippen LogP contribution in [0.1, 0.15) is 18.4 Å². The van der Waals surface area contributed by atoms with Gasteiger partial charge in [0.1, 0.15) is 5.15 Å². The second kappa shape index (κ2) is 6.14. The maximum Gasteiger partial charge on any atom is 0.131 e. The van der Waals surface area contributed by atoms with Crippen LogP contribution < -0.4 is 10.2 Å². The molecule has 1 N–H and O–H groups in total. The monoisotopic (exact) mass is 287 g/mol. The first-order valence-electron chi connectivity index (χ1n) is 7.01. The third kappa shape index (κ3) is 3.05. The van der Waals surface area contributed by atoms with E-state index in [1.807, 2.05) is 12.1 Å². The van der Waals surface area contributed by atoms with Crippen molar-refractivity contribution >= 4 is 23.0 Å². The second-order valence-electron chi connectivity index (χ2n) is 5.04. The maximum atomic E-state index is 5.90. The highest BCUT2D eigenvalue weighted by molar-refractivity contribution is 6.29. The van der Waals surface area contributed by atoms with Crippen molar-refractivity contribution in [1.82, 2.24) is 4.98 Å². The topological polar surface area (TPSA) is 28.2 Å². The number of rotatable bonds is 4. The Balaban J connectivity index is 1.74. The number of hydrogen-bond acceptors (Lipinski definition) is 3. The summed E-state index contributed by atoms with van der Waals surface area (Å²) < 4.78 is 0. The van der Waals surface area contributed by atoms with Crippen LogP contribution in [0.5, 0.6) is 0 Å². The van der Waals surface area contributed by atoms with Crippen LogP contribution in [0, 0.1) is 0 Å². The van der Waals surface area contributed by atoms with E-state index in [1.165, 1.54) is 24.1 Å². The zero-order chi connectivity index (χ0) is 13.8. The Morgan fingerprint density at radius 2 is 1.95 bits per heavy atom. The summed E-state index contributed by atoms with van der Waals surface area (Å²) in [6.45, 7) is 3.13. The number of hydrogen-bond donors (Lipinski definition) is 1. The minimum absolute atomic E-state index is 0.517. The Hall–Kier alpha value is -1.74. The molecule has 0 unspecified atom stereocenters. The van der Waals surface area contributed by atoms with Crippen molar-refractivity contribution in [1.29, 1.82) is 0 Å². The van der Waals surface area contributed by atoms with Crippen LogP contribution in [0.2, 0.25) is 5.15 Å². The van der Waals surface area contributed by atoms with E-state index in [2.05, 4.69) is 39.5 Å². The van der Waals surface area contributed by atoms with Crippen LogP contribution in [0.25, 0.3) is 0 Å². The Morgan fingerprint density at radius 3 is 2.75 bits per heavy atom. The molecular weight excluding hydrogens is 270 g/mol. The van der Waals surface area contributed by atoms with Gasteiger partial charge in [0.15, 0.2) is 0 Å². The van der Waals surface area contributed by atoms with E-state index < -0.39 is 0 Å². The van der Waals surface area contributed by atoms with Crippen LogP contribution in [-0.4, -0.2) is 18.1 Å². The predicted molar refractivity (Wildman–Crippen MR) is 84.5 cm³/mol. The largest absolute Gasteiger partial charge is 0.381 e. The number of nitrogens with one attached hydrogen (secondary N) is 1. The van der Waals surface area contributed by atoms with Gasteiger partial charge in [-0.1, -0.05) is 29.8 Å². The predicted octanol–water partition coefficient (Wildman–Crippen LogP) is 3.95. The lowest BCUT2D eigenvalue weighted by atomic mass is 10.1. The van der Waals surface area contributed by atoms with Crippen LogP contribution in [0.3, 0.4) is 0 Å². The highest BCUT2D eigenvalue weighted by atomic mass is 35.5. The summed E-state index contributed by atoms with van der Waals surface area (Å²) in [4.78, 5) is 6.46. The first-order valence-corrected chi connectivity index (χ1v) is 7.39. The average molecular weight is 288 g/mol. The molecular formula is C16H18ClN3. The zero-order valence-corrected chi connectivity index (χ0v) is 12.1. The fraction of sp³-hybridized carbons (Fsp3) is 0.312. The van der Waals surface area contributed by atoms with Crippen LogP contribution >= 0.6 is 11.6 Å². The normalized spacial score (nSPS) is 14.6. The van der Waals surface area contributed by atoms with Gasteiger partial charge in [0.05, 0.1) is 0 Å². The summed E-state index contributed by atoms with van der Waals surface area (Å²) in [7, 11) is 0. The fourth-order valence-electron chi connectivity index (χ4n) is 2.64. The smallest absolute Gasteiger partial charge is 0.131 e. The Kier molecular flexibility index (Phi) is 4.07. The van der Waals surface area contributed by atoms with E-state index in [0.717, 1.165) is 25.3 Å². The van der Waals surface area contributed by atoms with Gasteiger partial charge in [-0.25, -0.2) is 4.98 Å². The molecule has 0 spiro atoms. The summed E-state index contributed by atoms with van der Waals surface area (Å²) in [5, 5.41) is 3.93. The van der Waals surface area contributed by atoms with Crippen molar-refractivity contribution in [2.45, 2.75) is 19.4 Å². The molecule has 1 saturated heterocycles. The molecule has 3 nitrogen and oxygen atoms in total. The molecule has 0 aliphatic carbocycles. The van der Waals surface area contributed by atoms with E-state index in [4.69, 9.17) is 11.6 Å². The van der Waals surface area contributed by atoms with E-state index in [1.54, 1.807) is 6.20 Å². The molecule has 2 aromatic rings. The lowest BCUT2D eigenvalue weighted by molar-refractivity contribution is 0.949. The lowest BCUT2D eigenvalue weighted by Gasteiger charge is -2.21. The fourth-order valence-corrected chi connectivity index (χ4v) is 2.81. The Morgan fingerprint density at radius 1 is 1.15 bits per heavy atom. The number of aromatic nitrogens is 1. The molecule has 1 aromatic heterocycles. The molecule has 104 valence electrons. The van der Waals surface area contributed by atoms with Gasteiger partial charge >= 0.3 is 0 Å². The van der Waals surface area contributed by atoms with Gasteiger partial charge in [-0.15, -0.1) is 0 Å². The van der Waals surface area contributed by atoms with E-state index in [-0.39, 0.29) is 0 Å². The first kappa shape index (κ1) is 13.3. The molecule has 1 aliphatic rings. The van der Waals surface area contributed by atoms with E-state index in [0.29, 0.717) is 5.15 Å². The van der Waals surface area contributed by atoms with Gasteiger partial charge < -0.3 is 10.2 Å². The van der Waals surface area contributed by atoms with Crippen molar-refractivity contribution in [2.75, 3.05) is 23.3 Å². The van der Waals surface area contributed by atoms with Gasteiger partial charge in [-0.3, -0.25) is 0 Å². The molecule has 0 amide bonds. The number of halogens is 1. The van der Waals surface area contributed by atoms with E-state index in [9.17, 15) is 0 Å². The van der Waals surface area contributed by atoms with Crippen LogP contribution in [0.4, 0.5) is 11.4 Å². The molecule has 1 aromatic carbocycles. The SMILES string of the molecule is Clc1cc(NCc2ccccc2N2CCCC2)ccn1. The number of anilines is 2. The molecule has 2 heterocycles. The molecule has 1 aliphatic heterocycles. The molecule has 3 rings (SSSR count). The van der Waals surface area contributed by atoms with Gasteiger partial charge in [0.2, 0.25) is 0 Å². The second-order valence-corrected chi connectivity index (χ2v) is 5.43. The molecule has 20 heavy (non-hydrogen) atoms. The molecule has 0 atom stereocenters. The van der Waals surface area contributed by atoms with Crippen molar-refractivity contribution in [3.8, 4) is 0 Å².